The molecule has 1 saturated heterocycles. The van der Waals surface area contributed by atoms with Gasteiger partial charge in [-0.3, -0.25) is 19.2 Å². The van der Waals surface area contributed by atoms with Crippen LogP contribution in [0.15, 0.2) is 30.5 Å². The van der Waals surface area contributed by atoms with Crippen molar-refractivity contribution in [1.82, 2.24) is 20.5 Å². The minimum absolute atomic E-state index is 0.0290. The summed E-state index contributed by atoms with van der Waals surface area (Å²) in [5.41, 5.74) is 13.2. The van der Waals surface area contributed by atoms with Crippen LogP contribution in [-0.4, -0.2) is 75.3 Å². The quantitative estimate of drug-likeness (QED) is 0.222. The number of hydrogen-bond donors (Lipinski definition) is 6. The van der Waals surface area contributed by atoms with E-state index >= 15 is 0 Å². The Labute approximate surface area is 220 Å². The van der Waals surface area contributed by atoms with Gasteiger partial charge < -0.3 is 37.1 Å². The molecule has 206 valence electrons. The molecule has 4 atom stereocenters. The second-order valence-corrected chi connectivity index (χ2v) is 10.1. The average molecular weight is 529 g/mol. The molecule has 0 bridgehead atoms. The van der Waals surface area contributed by atoms with E-state index in [0.29, 0.717) is 12.8 Å². The van der Waals surface area contributed by atoms with Crippen molar-refractivity contribution in [2.45, 2.75) is 70.1 Å². The Kier molecular flexibility index (Phi) is 9.45. The van der Waals surface area contributed by atoms with Gasteiger partial charge in [0.05, 0.1) is 12.5 Å². The molecule has 2 aromatic rings. The molecule has 12 heteroatoms. The van der Waals surface area contributed by atoms with Crippen LogP contribution in [0.5, 0.6) is 0 Å². The Morgan fingerprint density at radius 2 is 1.84 bits per heavy atom. The van der Waals surface area contributed by atoms with Crippen LogP contribution in [0, 0.1) is 5.92 Å². The molecular formula is C26H36N6O6. The summed E-state index contributed by atoms with van der Waals surface area (Å²) in [6, 6.07) is 3.21. The number of aliphatic carboxylic acids is 1. The van der Waals surface area contributed by atoms with Gasteiger partial charge in [0.2, 0.25) is 23.6 Å². The fourth-order valence-corrected chi connectivity index (χ4v) is 4.77. The molecule has 4 unspecified atom stereocenters. The van der Waals surface area contributed by atoms with Crippen LogP contribution in [-0.2, 0) is 30.4 Å². The van der Waals surface area contributed by atoms with Crippen LogP contribution in [0.25, 0.3) is 10.9 Å². The van der Waals surface area contributed by atoms with Crippen molar-refractivity contribution in [3.05, 3.63) is 36.0 Å². The average Bonchev–Trinajstić information content (AvgIpc) is 3.50. The van der Waals surface area contributed by atoms with E-state index in [0.717, 1.165) is 16.5 Å². The third-order valence-electron chi connectivity index (χ3n) is 6.63. The number of aromatic nitrogens is 1. The predicted octanol–water partition coefficient (Wildman–Crippen LogP) is 0.00440. The molecule has 1 aliphatic rings. The highest BCUT2D eigenvalue weighted by molar-refractivity contribution is 5.96. The molecule has 1 aliphatic heterocycles. The van der Waals surface area contributed by atoms with Crippen LogP contribution >= 0.6 is 0 Å². The maximum absolute atomic E-state index is 13.4. The lowest BCUT2D eigenvalue weighted by Gasteiger charge is -2.29. The van der Waals surface area contributed by atoms with Crippen LogP contribution < -0.4 is 22.1 Å². The number of rotatable bonds is 12. The number of para-hydroxylation sites is 1. The predicted molar refractivity (Wildman–Crippen MR) is 139 cm³/mol. The van der Waals surface area contributed by atoms with Crippen molar-refractivity contribution in [2.75, 3.05) is 6.54 Å². The number of likely N-dealkylation sites (tertiary alicyclic amines) is 1. The third kappa shape index (κ3) is 7.09. The Hall–Kier alpha value is -3.93. The molecule has 0 saturated carbocycles. The van der Waals surface area contributed by atoms with Crippen molar-refractivity contribution in [3.63, 3.8) is 0 Å². The van der Waals surface area contributed by atoms with Gasteiger partial charge in [-0.1, -0.05) is 32.0 Å². The van der Waals surface area contributed by atoms with Gasteiger partial charge in [-0.15, -0.1) is 0 Å². The molecule has 1 aromatic carbocycles. The minimum atomic E-state index is -1.31. The summed E-state index contributed by atoms with van der Waals surface area (Å²) in [6.45, 7) is 3.90. The number of aromatic amines is 1. The second-order valence-electron chi connectivity index (χ2n) is 10.1. The number of primary amides is 1. The summed E-state index contributed by atoms with van der Waals surface area (Å²) >= 11 is 0. The maximum atomic E-state index is 13.4. The number of nitrogens with zero attached hydrogens (tertiary/aromatic N) is 1. The Bertz CT molecular complexity index is 1190. The molecule has 3 rings (SSSR count). The van der Waals surface area contributed by atoms with E-state index < -0.39 is 60.2 Å². The van der Waals surface area contributed by atoms with Crippen LogP contribution in [0.4, 0.5) is 0 Å². The Morgan fingerprint density at radius 3 is 2.50 bits per heavy atom. The summed E-state index contributed by atoms with van der Waals surface area (Å²) in [5, 5.41) is 15.4. The summed E-state index contributed by atoms with van der Waals surface area (Å²) in [6.07, 6.45) is 2.54. The summed E-state index contributed by atoms with van der Waals surface area (Å²) < 4.78 is 0. The lowest BCUT2D eigenvalue weighted by Crippen LogP contribution is -2.57. The summed E-state index contributed by atoms with van der Waals surface area (Å²) in [5.74, 6) is -3.82. The SMILES string of the molecule is CC(C)CC(NC(=O)C1CCCN1C(=O)C(CC(N)=O)NC(=O)C(N)Cc1c[nH]c2ccccc12)C(=O)O. The minimum Gasteiger partial charge on any atom is -0.480 e. The highest BCUT2D eigenvalue weighted by Crippen LogP contribution is 2.21. The highest BCUT2D eigenvalue weighted by Gasteiger charge is 2.39. The molecule has 4 amide bonds. The van der Waals surface area contributed by atoms with Gasteiger partial charge in [0.15, 0.2) is 0 Å². The van der Waals surface area contributed by atoms with Gasteiger partial charge in [-0.2, -0.15) is 0 Å². The number of hydrogen-bond acceptors (Lipinski definition) is 6. The van der Waals surface area contributed by atoms with E-state index in [1.165, 1.54) is 4.90 Å². The number of amides is 4. The second kappa shape index (κ2) is 12.5. The number of nitrogens with one attached hydrogen (secondary N) is 3. The zero-order valence-electron chi connectivity index (χ0n) is 21.6. The molecule has 1 aromatic heterocycles. The van der Waals surface area contributed by atoms with Crippen LogP contribution in [0.1, 0.15) is 45.1 Å². The Morgan fingerprint density at radius 1 is 1.13 bits per heavy atom. The summed E-state index contributed by atoms with van der Waals surface area (Å²) in [4.78, 5) is 67.0. The molecule has 2 heterocycles. The van der Waals surface area contributed by atoms with Crippen LogP contribution in [0.3, 0.4) is 0 Å². The first-order valence-electron chi connectivity index (χ1n) is 12.7. The first-order chi connectivity index (χ1) is 18.0. The van der Waals surface area contributed by atoms with Gasteiger partial charge >= 0.3 is 5.97 Å². The van der Waals surface area contributed by atoms with E-state index in [1.54, 1.807) is 6.20 Å². The van der Waals surface area contributed by atoms with E-state index in [-0.39, 0.29) is 25.3 Å². The summed E-state index contributed by atoms with van der Waals surface area (Å²) in [7, 11) is 0. The molecule has 1 fully saturated rings. The molecule has 0 spiro atoms. The van der Waals surface area contributed by atoms with E-state index in [9.17, 15) is 29.1 Å². The Balaban J connectivity index is 1.70. The number of benzene rings is 1. The molecular weight excluding hydrogens is 492 g/mol. The zero-order valence-corrected chi connectivity index (χ0v) is 21.6. The lowest BCUT2D eigenvalue weighted by molar-refractivity contribution is -0.145. The van der Waals surface area contributed by atoms with Crippen LogP contribution in [0.2, 0.25) is 0 Å². The number of carbonyl (C=O) groups excluding carboxylic acids is 4. The standard InChI is InChI=1S/C26H36N6O6/c1-14(2)10-20(26(37)38)31-24(35)21-8-5-9-32(21)25(36)19(12-22(28)33)30-23(34)17(27)11-15-13-29-18-7-4-3-6-16(15)18/h3-4,6-7,13-14,17,19-21,29H,5,8-12,27H2,1-2H3,(H2,28,33)(H,30,34)(H,31,35)(H,37,38). The number of carboxylic acids is 1. The number of carboxylic acid groups (broad SMARTS) is 1. The monoisotopic (exact) mass is 528 g/mol. The van der Waals surface area contributed by atoms with E-state index in [4.69, 9.17) is 11.5 Å². The van der Waals surface area contributed by atoms with E-state index in [2.05, 4.69) is 15.6 Å². The fraction of sp³-hybridized carbons (Fsp3) is 0.500. The first kappa shape index (κ1) is 28.6. The zero-order chi connectivity index (χ0) is 28.0. The third-order valence-corrected chi connectivity index (χ3v) is 6.63. The van der Waals surface area contributed by atoms with Crippen molar-refractivity contribution >= 4 is 40.5 Å². The normalized spacial score (nSPS) is 17.7. The fourth-order valence-electron chi connectivity index (χ4n) is 4.77. The molecule has 0 aliphatic carbocycles. The van der Waals surface area contributed by atoms with Crippen molar-refractivity contribution < 1.29 is 29.1 Å². The van der Waals surface area contributed by atoms with Gasteiger partial charge in [0.25, 0.3) is 0 Å². The van der Waals surface area contributed by atoms with E-state index in [1.807, 2.05) is 38.1 Å². The van der Waals surface area contributed by atoms with Crippen molar-refractivity contribution in [2.24, 2.45) is 17.4 Å². The smallest absolute Gasteiger partial charge is 0.326 e. The lowest BCUT2D eigenvalue weighted by atomic mass is 10.0. The number of fused-ring (bicyclic) bond motifs is 1. The van der Waals surface area contributed by atoms with Gasteiger partial charge in [-0.25, -0.2) is 4.79 Å². The van der Waals surface area contributed by atoms with Crippen molar-refractivity contribution in [1.29, 1.82) is 0 Å². The maximum Gasteiger partial charge on any atom is 0.326 e. The molecule has 38 heavy (non-hydrogen) atoms. The molecule has 12 nitrogen and oxygen atoms in total. The van der Waals surface area contributed by atoms with Gasteiger partial charge in [0, 0.05) is 23.6 Å². The van der Waals surface area contributed by atoms with Crippen molar-refractivity contribution in [3.8, 4) is 0 Å². The highest BCUT2D eigenvalue weighted by atomic mass is 16.4. The van der Waals surface area contributed by atoms with Gasteiger partial charge in [0.1, 0.15) is 18.1 Å². The van der Waals surface area contributed by atoms with Gasteiger partial charge in [-0.05, 0) is 43.2 Å². The molecule has 0 radical (unpaired) electrons. The number of H-pyrrole nitrogens is 1. The largest absolute Gasteiger partial charge is 0.480 e. The number of nitrogens with two attached hydrogens (primary N) is 2. The number of carbonyl (C=O) groups is 5. The topological polar surface area (TPSA) is 201 Å². The first-order valence-corrected chi connectivity index (χ1v) is 12.7. The molecule has 8 N–H and O–H groups in total.